The van der Waals surface area contributed by atoms with Crippen LogP contribution >= 0.6 is 11.3 Å². The molecular formula is C15H18F2N2S. The Kier molecular flexibility index (Phi) is 4.83. The first-order valence-corrected chi connectivity index (χ1v) is 7.50. The maximum atomic E-state index is 13.3. The average Bonchev–Trinajstić information content (AvgIpc) is 2.82. The zero-order valence-electron chi connectivity index (χ0n) is 11.8. The van der Waals surface area contributed by atoms with E-state index in [-0.39, 0.29) is 0 Å². The van der Waals surface area contributed by atoms with Crippen LogP contribution in [-0.4, -0.2) is 11.0 Å². The highest BCUT2D eigenvalue weighted by molar-refractivity contribution is 7.15. The van der Waals surface area contributed by atoms with E-state index in [1.54, 1.807) is 6.07 Å². The normalized spacial score (nSPS) is 11.3. The van der Waals surface area contributed by atoms with Crippen molar-refractivity contribution in [1.82, 2.24) is 10.3 Å². The maximum Gasteiger partial charge on any atom is 0.159 e. The Hall–Kier alpha value is -1.33. The van der Waals surface area contributed by atoms with Crippen LogP contribution < -0.4 is 5.32 Å². The van der Waals surface area contributed by atoms with E-state index in [4.69, 9.17) is 0 Å². The van der Waals surface area contributed by atoms with Crippen molar-refractivity contribution in [1.29, 1.82) is 0 Å². The van der Waals surface area contributed by atoms with Crippen molar-refractivity contribution in [2.24, 2.45) is 0 Å². The summed E-state index contributed by atoms with van der Waals surface area (Å²) in [6.07, 6.45) is 0.829. The lowest BCUT2D eigenvalue weighted by atomic mass is 10.2. The zero-order valence-corrected chi connectivity index (χ0v) is 12.7. The lowest BCUT2D eigenvalue weighted by Crippen LogP contribution is -2.21. The molecule has 0 bridgehead atoms. The van der Waals surface area contributed by atoms with Gasteiger partial charge in [-0.05, 0) is 24.6 Å². The number of nitrogens with zero attached hydrogens (tertiary/aromatic N) is 1. The van der Waals surface area contributed by atoms with Gasteiger partial charge in [0.25, 0.3) is 0 Å². The number of hydrogen-bond acceptors (Lipinski definition) is 3. The fourth-order valence-corrected chi connectivity index (χ4v) is 2.94. The van der Waals surface area contributed by atoms with Crippen LogP contribution in [0.4, 0.5) is 8.78 Å². The second-order valence-electron chi connectivity index (χ2n) is 4.91. The summed E-state index contributed by atoms with van der Waals surface area (Å²) in [7, 11) is 0. The van der Waals surface area contributed by atoms with Gasteiger partial charge in [-0.1, -0.05) is 20.8 Å². The number of hydrogen-bond donors (Lipinski definition) is 1. The van der Waals surface area contributed by atoms with Gasteiger partial charge in [0.15, 0.2) is 11.6 Å². The quantitative estimate of drug-likeness (QED) is 0.896. The molecule has 0 spiro atoms. The number of aromatic nitrogens is 1. The third-order valence-electron chi connectivity index (χ3n) is 2.95. The van der Waals surface area contributed by atoms with E-state index in [0.29, 0.717) is 11.6 Å². The van der Waals surface area contributed by atoms with Crippen molar-refractivity contribution in [2.45, 2.75) is 39.8 Å². The molecule has 1 aromatic heterocycles. The number of thiazole rings is 1. The Labute approximate surface area is 121 Å². The van der Waals surface area contributed by atoms with Gasteiger partial charge in [0.1, 0.15) is 5.01 Å². The summed E-state index contributed by atoms with van der Waals surface area (Å²) in [5.41, 5.74) is 1.64. The maximum absolute atomic E-state index is 13.3. The largest absolute Gasteiger partial charge is 0.310 e. The number of benzene rings is 1. The monoisotopic (exact) mass is 296 g/mol. The van der Waals surface area contributed by atoms with Crippen LogP contribution in [0.2, 0.25) is 0 Å². The Morgan fingerprint density at radius 3 is 2.60 bits per heavy atom. The Morgan fingerprint density at radius 1 is 1.25 bits per heavy atom. The van der Waals surface area contributed by atoms with Gasteiger partial charge in [0.05, 0.1) is 5.69 Å². The summed E-state index contributed by atoms with van der Waals surface area (Å²) in [6, 6.07) is 4.31. The molecular weight excluding hydrogens is 278 g/mol. The second-order valence-corrected chi connectivity index (χ2v) is 5.99. The predicted octanol–water partition coefficient (Wildman–Crippen LogP) is 4.15. The summed E-state index contributed by atoms with van der Waals surface area (Å²) in [6.45, 7) is 6.97. The standard InChI is InChI=1S/C15H18F2N2S/c1-4-13-14(8-18-9(2)3)20-15(19-13)10-5-6-11(16)12(17)7-10/h5-7,9,18H,4,8H2,1-3H3. The van der Waals surface area contributed by atoms with E-state index in [0.717, 1.165) is 34.6 Å². The molecule has 0 atom stereocenters. The van der Waals surface area contributed by atoms with Crippen molar-refractivity contribution in [2.75, 3.05) is 0 Å². The fourth-order valence-electron chi connectivity index (χ4n) is 1.85. The first-order chi connectivity index (χ1) is 9.51. The Balaban J connectivity index is 2.30. The number of nitrogens with one attached hydrogen (secondary N) is 1. The smallest absolute Gasteiger partial charge is 0.159 e. The van der Waals surface area contributed by atoms with E-state index >= 15 is 0 Å². The van der Waals surface area contributed by atoms with Crippen LogP contribution in [-0.2, 0) is 13.0 Å². The van der Waals surface area contributed by atoms with Crippen molar-refractivity contribution < 1.29 is 8.78 Å². The topological polar surface area (TPSA) is 24.9 Å². The number of rotatable bonds is 5. The Morgan fingerprint density at radius 2 is 2.00 bits per heavy atom. The van der Waals surface area contributed by atoms with Crippen LogP contribution in [0.15, 0.2) is 18.2 Å². The third-order valence-corrected chi connectivity index (χ3v) is 4.10. The summed E-state index contributed by atoms with van der Waals surface area (Å²) in [4.78, 5) is 5.69. The summed E-state index contributed by atoms with van der Waals surface area (Å²) < 4.78 is 26.3. The van der Waals surface area contributed by atoms with Gasteiger partial charge >= 0.3 is 0 Å². The minimum atomic E-state index is -0.836. The van der Waals surface area contributed by atoms with Gasteiger partial charge in [-0.15, -0.1) is 11.3 Å². The zero-order chi connectivity index (χ0) is 14.7. The lowest BCUT2D eigenvalue weighted by Gasteiger charge is -2.06. The van der Waals surface area contributed by atoms with E-state index < -0.39 is 11.6 Å². The number of halogens is 2. The molecule has 0 aliphatic heterocycles. The molecule has 2 rings (SSSR count). The molecule has 0 fully saturated rings. The van der Waals surface area contributed by atoms with Crippen LogP contribution in [0.25, 0.3) is 10.6 Å². The first-order valence-electron chi connectivity index (χ1n) is 6.68. The summed E-state index contributed by atoms with van der Waals surface area (Å²) >= 11 is 1.53. The molecule has 0 aliphatic rings. The van der Waals surface area contributed by atoms with E-state index in [9.17, 15) is 8.78 Å². The van der Waals surface area contributed by atoms with Crippen molar-refractivity contribution in [3.63, 3.8) is 0 Å². The lowest BCUT2D eigenvalue weighted by molar-refractivity contribution is 0.509. The molecule has 0 unspecified atom stereocenters. The molecule has 2 nitrogen and oxygen atoms in total. The van der Waals surface area contributed by atoms with Gasteiger partial charge in [-0.3, -0.25) is 0 Å². The molecule has 2 aromatic rings. The molecule has 108 valence electrons. The van der Waals surface area contributed by atoms with Crippen LogP contribution in [0.3, 0.4) is 0 Å². The van der Waals surface area contributed by atoms with Crippen LogP contribution in [0.1, 0.15) is 31.3 Å². The summed E-state index contributed by atoms with van der Waals surface area (Å²) in [5.74, 6) is -1.67. The molecule has 5 heteroatoms. The van der Waals surface area contributed by atoms with Gasteiger partial charge in [-0.2, -0.15) is 0 Å². The minimum absolute atomic E-state index is 0.397. The van der Waals surface area contributed by atoms with Crippen molar-refractivity contribution in [3.05, 3.63) is 40.4 Å². The summed E-state index contributed by atoms with van der Waals surface area (Å²) in [5, 5.41) is 4.10. The van der Waals surface area contributed by atoms with Crippen molar-refractivity contribution >= 4 is 11.3 Å². The highest BCUT2D eigenvalue weighted by atomic mass is 32.1. The highest BCUT2D eigenvalue weighted by Gasteiger charge is 2.13. The Bertz CT molecular complexity index is 594. The van der Waals surface area contributed by atoms with E-state index in [2.05, 4.69) is 24.1 Å². The molecule has 0 saturated heterocycles. The average molecular weight is 296 g/mol. The molecule has 1 aromatic carbocycles. The second kappa shape index (κ2) is 6.41. The minimum Gasteiger partial charge on any atom is -0.310 e. The molecule has 20 heavy (non-hydrogen) atoms. The molecule has 0 amide bonds. The third kappa shape index (κ3) is 3.41. The van der Waals surface area contributed by atoms with Gasteiger partial charge in [-0.25, -0.2) is 13.8 Å². The van der Waals surface area contributed by atoms with Crippen LogP contribution in [0, 0.1) is 11.6 Å². The first kappa shape index (κ1) is 15.1. The molecule has 0 aliphatic carbocycles. The molecule has 0 radical (unpaired) electrons. The molecule has 1 heterocycles. The molecule has 0 saturated carbocycles. The van der Waals surface area contributed by atoms with Gasteiger partial charge in [0.2, 0.25) is 0 Å². The van der Waals surface area contributed by atoms with E-state index in [1.807, 2.05) is 6.92 Å². The van der Waals surface area contributed by atoms with Gasteiger partial charge in [0, 0.05) is 23.0 Å². The SMILES string of the molecule is CCc1nc(-c2ccc(F)c(F)c2)sc1CNC(C)C. The molecule has 1 N–H and O–H groups in total. The number of aryl methyl sites for hydroxylation is 1. The fraction of sp³-hybridized carbons (Fsp3) is 0.400. The predicted molar refractivity (Wildman–Crippen MR) is 78.8 cm³/mol. The van der Waals surface area contributed by atoms with Crippen molar-refractivity contribution in [3.8, 4) is 10.6 Å². The van der Waals surface area contributed by atoms with E-state index in [1.165, 1.54) is 17.4 Å². The highest BCUT2D eigenvalue weighted by Crippen LogP contribution is 2.29. The van der Waals surface area contributed by atoms with Crippen LogP contribution in [0.5, 0.6) is 0 Å². The van der Waals surface area contributed by atoms with Gasteiger partial charge < -0.3 is 5.32 Å².